The van der Waals surface area contributed by atoms with Crippen LogP contribution in [0.15, 0.2) is 110 Å². The summed E-state index contributed by atoms with van der Waals surface area (Å²) in [6.45, 7) is 1.02. The number of hydrogen-bond donors (Lipinski definition) is 2. The van der Waals surface area contributed by atoms with Crippen molar-refractivity contribution >= 4 is 91.4 Å². The highest BCUT2D eigenvalue weighted by Gasteiger charge is 2.34. The molecule has 0 saturated heterocycles. The van der Waals surface area contributed by atoms with Gasteiger partial charge in [0.15, 0.2) is 0 Å². The standard InChI is InChI=1S/2C26H22ClN5O4/c2*1-35-20-5-3-2-4-19(20)32-9-8-16-12-17(13-18(22(16)32)30-24(33)15-6-7-15)31-10-11-36-25-21(26(31)34)23(27)28-14-29-25/h2*2-5,8-9,12-15H,6-7,10-11H2,1H3,(H,30,33). The lowest BCUT2D eigenvalue weighted by atomic mass is 10.1. The lowest BCUT2D eigenvalue weighted by Crippen LogP contribution is -2.32. The minimum absolute atomic E-state index is 0.00873. The smallest absolute Gasteiger partial charge is 0.267 e. The van der Waals surface area contributed by atoms with Crippen molar-refractivity contribution in [1.82, 2.24) is 29.1 Å². The van der Waals surface area contributed by atoms with Gasteiger partial charge in [-0.3, -0.25) is 19.2 Å². The van der Waals surface area contributed by atoms with Crippen molar-refractivity contribution in [1.29, 1.82) is 0 Å². The lowest BCUT2D eigenvalue weighted by Gasteiger charge is -2.22. The summed E-state index contributed by atoms with van der Waals surface area (Å²) in [6.07, 6.45) is 9.88. The largest absolute Gasteiger partial charge is 0.495 e. The molecule has 4 aromatic heterocycles. The molecule has 2 fully saturated rings. The van der Waals surface area contributed by atoms with Gasteiger partial charge in [0.1, 0.15) is 58.8 Å². The molecule has 2 N–H and O–H groups in total. The molecule has 0 radical (unpaired) electrons. The average Bonchev–Trinajstić information content (AvgIpc) is 4.34. The number of aromatic nitrogens is 6. The van der Waals surface area contributed by atoms with E-state index in [0.29, 0.717) is 34.2 Å². The first-order valence-electron chi connectivity index (χ1n) is 23.2. The third kappa shape index (κ3) is 8.72. The van der Waals surface area contributed by atoms with Crippen molar-refractivity contribution in [3.05, 3.63) is 131 Å². The lowest BCUT2D eigenvalue weighted by molar-refractivity contribution is -0.118. The number of fused-ring (bicyclic) bond motifs is 4. The number of amides is 4. The Morgan fingerprint density at radius 1 is 0.597 bits per heavy atom. The minimum Gasteiger partial charge on any atom is -0.495 e. The van der Waals surface area contributed by atoms with E-state index in [1.54, 1.807) is 24.0 Å². The van der Waals surface area contributed by atoms with Crippen LogP contribution in [0.3, 0.4) is 0 Å². The van der Waals surface area contributed by atoms with E-state index in [9.17, 15) is 19.2 Å². The summed E-state index contributed by atoms with van der Waals surface area (Å²) in [5, 5.41) is 7.95. The molecule has 18 nitrogen and oxygen atoms in total. The van der Waals surface area contributed by atoms with E-state index in [0.717, 1.165) is 58.9 Å². The summed E-state index contributed by atoms with van der Waals surface area (Å²) in [5.41, 5.74) is 5.92. The number of nitrogens with zero attached hydrogens (tertiary/aromatic N) is 8. The van der Waals surface area contributed by atoms with Gasteiger partial charge in [-0.05, 0) is 86.3 Å². The van der Waals surface area contributed by atoms with E-state index in [1.807, 2.05) is 106 Å². The van der Waals surface area contributed by atoms with Crippen LogP contribution < -0.4 is 39.4 Å². The van der Waals surface area contributed by atoms with Crippen LogP contribution in [0.5, 0.6) is 23.3 Å². The summed E-state index contributed by atoms with van der Waals surface area (Å²) >= 11 is 12.5. The Morgan fingerprint density at radius 2 is 1.01 bits per heavy atom. The van der Waals surface area contributed by atoms with Crippen LogP contribution in [0.4, 0.5) is 22.7 Å². The highest BCUT2D eigenvalue weighted by atomic mass is 35.5. The first kappa shape index (κ1) is 46.2. The molecule has 4 amide bonds. The van der Waals surface area contributed by atoms with Crippen molar-refractivity contribution in [2.24, 2.45) is 11.8 Å². The molecule has 4 aromatic carbocycles. The SMILES string of the molecule is COc1ccccc1-n1ccc2cc(N3CCOc4ncnc(Cl)c4C3=O)cc(NC(=O)C3CC3)c21.COc1ccccc1-n1ccc2cc(N3CCOc4ncnc(Cl)c4C3=O)cc(NC(=O)C3CC3)c21. The fourth-order valence-corrected chi connectivity index (χ4v) is 9.38. The van der Waals surface area contributed by atoms with E-state index in [1.165, 1.54) is 12.7 Å². The zero-order valence-electron chi connectivity index (χ0n) is 38.8. The van der Waals surface area contributed by atoms with Gasteiger partial charge >= 0.3 is 0 Å². The molecule has 2 saturated carbocycles. The number of carbonyl (C=O) groups excluding carboxylic acids is 4. The quantitative estimate of drug-likeness (QED) is 0.124. The predicted octanol–water partition coefficient (Wildman–Crippen LogP) is 8.94. The third-order valence-electron chi connectivity index (χ3n) is 12.8. The number of methoxy groups -OCH3 is 2. The summed E-state index contributed by atoms with van der Waals surface area (Å²) in [4.78, 5) is 71.9. The van der Waals surface area contributed by atoms with Crippen LogP contribution in [-0.4, -0.2) is 93.2 Å². The molecule has 0 unspecified atom stereocenters. The summed E-state index contributed by atoms with van der Waals surface area (Å²) in [5.74, 6) is 0.939. The maximum atomic E-state index is 13.5. The Kier molecular flexibility index (Phi) is 12.3. The zero-order valence-corrected chi connectivity index (χ0v) is 40.3. The summed E-state index contributed by atoms with van der Waals surface area (Å²) < 4.78 is 26.5. The van der Waals surface area contributed by atoms with Crippen molar-refractivity contribution in [2.45, 2.75) is 25.7 Å². The second-order valence-electron chi connectivity index (χ2n) is 17.4. The Bertz CT molecular complexity index is 3250. The summed E-state index contributed by atoms with van der Waals surface area (Å²) in [7, 11) is 3.25. The molecule has 0 spiro atoms. The highest BCUT2D eigenvalue weighted by Crippen LogP contribution is 2.41. The molecule has 12 rings (SSSR count). The van der Waals surface area contributed by atoms with E-state index in [4.69, 9.17) is 42.1 Å². The number of anilines is 4. The first-order valence-corrected chi connectivity index (χ1v) is 23.9. The molecule has 2 aliphatic heterocycles. The van der Waals surface area contributed by atoms with Crippen molar-refractivity contribution < 1.29 is 38.1 Å². The molecule has 2 aliphatic carbocycles. The maximum Gasteiger partial charge on any atom is 0.267 e. The Labute approximate surface area is 421 Å². The Morgan fingerprint density at radius 3 is 1.42 bits per heavy atom. The van der Waals surface area contributed by atoms with Gasteiger partial charge in [-0.1, -0.05) is 47.5 Å². The normalized spacial score (nSPS) is 15.3. The molecule has 4 aliphatic rings. The zero-order chi connectivity index (χ0) is 49.6. The molecule has 0 atom stereocenters. The van der Waals surface area contributed by atoms with Crippen LogP contribution in [0.25, 0.3) is 33.2 Å². The molecular formula is C52H44Cl2N10O8. The first-order chi connectivity index (χ1) is 35.1. The molecule has 20 heteroatoms. The molecule has 0 bridgehead atoms. The molecule has 364 valence electrons. The van der Waals surface area contributed by atoms with E-state index < -0.39 is 0 Å². The van der Waals surface area contributed by atoms with Gasteiger partial charge in [0.05, 0.1) is 61.1 Å². The average molecular weight is 1010 g/mol. The number of para-hydroxylation sites is 4. The summed E-state index contributed by atoms with van der Waals surface area (Å²) in [6, 6.07) is 26.7. The van der Waals surface area contributed by atoms with Crippen molar-refractivity contribution in [3.63, 3.8) is 0 Å². The number of nitrogens with one attached hydrogen (secondary N) is 2. The van der Waals surface area contributed by atoms with Crippen molar-refractivity contribution in [3.8, 4) is 34.6 Å². The fourth-order valence-electron chi connectivity index (χ4n) is 8.96. The van der Waals surface area contributed by atoms with Crippen molar-refractivity contribution in [2.75, 3.05) is 61.0 Å². The number of halogens is 2. The fraction of sp³-hybridized carbons (Fsp3) is 0.231. The van der Waals surface area contributed by atoms with Crippen LogP contribution in [0.2, 0.25) is 10.3 Å². The van der Waals surface area contributed by atoms with Gasteiger partial charge in [-0.15, -0.1) is 0 Å². The minimum atomic E-state index is -0.365. The van der Waals surface area contributed by atoms with Crippen LogP contribution in [0.1, 0.15) is 46.4 Å². The Balaban J connectivity index is 0.000000156. The predicted molar refractivity (Wildman–Crippen MR) is 271 cm³/mol. The van der Waals surface area contributed by atoms with E-state index >= 15 is 0 Å². The van der Waals surface area contributed by atoms with Crippen LogP contribution in [-0.2, 0) is 9.59 Å². The van der Waals surface area contributed by atoms with Crippen LogP contribution in [0, 0.1) is 11.8 Å². The molecular weight excluding hydrogens is 964 g/mol. The monoisotopic (exact) mass is 1010 g/mol. The van der Waals surface area contributed by atoms with E-state index in [-0.39, 0.29) is 95.0 Å². The van der Waals surface area contributed by atoms with Gasteiger partial charge < -0.3 is 48.5 Å². The number of carbonyl (C=O) groups is 4. The number of ether oxygens (including phenoxy) is 4. The van der Waals surface area contributed by atoms with Crippen LogP contribution >= 0.6 is 23.2 Å². The van der Waals surface area contributed by atoms with Gasteiger partial charge in [-0.2, -0.15) is 0 Å². The molecule has 8 aromatic rings. The van der Waals surface area contributed by atoms with Gasteiger partial charge in [0.2, 0.25) is 23.6 Å². The number of rotatable bonds is 10. The number of hydrogen-bond acceptors (Lipinski definition) is 12. The van der Waals surface area contributed by atoms with Gasteiger partial charge in [0, 0.05) is 46.4 Å². The van der Waals surface area contributed by atoms with E-state index in [2.05, 4.69) is 30.6 Å². The number of benzene rings is 4. The maximum absolute atomic E-state index is 13.5. The molecule has 72 heavy (non-hydrogen) atoms. The second kappa shape index (κ2) is 19.2. The van der Waals surface area contributed by atoms with Gasteiger partial charge in [-0.25, -0.2) is 19.9 Å². The Hall–Kier alpha value is -8.22. The second-order valence-corrected chi connectivity index (χ2v) is 18.1. The third-order valence-corrected chi connectivity index (χ3v) is 13.4. The highest BCUT2D eigenvalue weighted by molar-refractivity contribution is 6.34. The molecule has 6 heterocycles. The van der Waals surface area contributed by atoms with Gasteiger partial charge in [0.25, 0.3) is 11.8 Å². The topological polar surface area (TPSA) is 197 Å².